The Labute approximate surface area is 130 Å². The Morgan fingerprint density at radius 3 is 2.71 bits per heavy atom. The lowest BCUT2D eigenvalue weighted by Crippen LogP contribution is -2.24. The number of benzene rings is 1. The van der Waals surface area contributed by atoms with E-state index >= 15 is 0 Å². The fourth-order valence-corrected chi connectivity index (χ4v) is 3.11. The van der Waals surface area contributed by atoms with Crippen LogP contribution in [0.3, 0.4) is 0 Å². The van der Waals surface area contributed by atoms with Crippen LogP contribution in [0.4, 0.5) is 0 Å². The molecule has 1 aliphatic rings. The molecule has 0 fully saturated rings. The van der Waals surface area contributed by atoms with E-state index in [0.29, 0.717) is 5.92 Å². The zero-order chi connectivity index (χ0) is 14.8. The summed E-state index contributed by atoms with van der Waals surface area (Å²) in [7, 11) is 0. The van der Waals surface area contributed by atoms with Crippen LogP contribution < -0.4 is 5.73 Å². The van der Waals surface area contributed by atoms with Crippen molar-refractivity contribution in [3.8, 4) is 0 Å². The molecule has 1 aromatic carbocycles. The largest absolute Gasteiger partial charge is 0.330 e. The molecular weight excluding hydrogens is 282 g/mol. The van der Waals surface area contributed by atoms with Crippen LogP contribution in [0.5, 0.6) is 0 Å². The van der Waals surface area contributed by atoms with Crippen LogP contribution in [-0.4, -0.2) is 16.5 Å². The third kappa shape index (κ3) is 3.25. The van der Waals surface area contributed by atoms with Crippen LogP contribution >= 0.6 is 11.6 Å². The molecule has 0 saturated carbocycles. The van der Waals surface area contributed by atoms with E-state index in [2.05, 4.69) is 11.9 Å². The fraction of sp³-hybridized carbons (Fsp3) is 0.412. The fourth-order valence-electron chi connectivity index (χ4n) is 2.99. The van der Waals surface area contributed by atoms with Crippen molar-refractivity contribution in [2.75, 3.05) is 6.54 Å². The molecule has 2 N–H and O–H groups in total. The molecule has 1 aromatic heterocycles. The second kappa shape index (κ2) is 6.12. The minimum Gasteiger partial charge on any atom is -0.330 e. The molecule has 4 heteroatoms. The topological polar surface area (TPSA) is 51.8 Å². The van der Waals surface area contributed by atoms with Gasteiger partial charge in [0.15, 0.2) is 0 Å². The lowest BCUT2D eigenvalue weighted by molar-refractivity contribution is 0.458. The molecule has 21 heavy (non-hydrogen) atoms. The maximum absolute atomic E-state index is 5.92. The minimum atomic E-state index is 0.585. The first kappa shape index (κ1) is 14.5. The van der Waals surface area contributed by atoms with Gasteiger partial charge in [-0.3, -0.25) is 0 Å². The summed E-state index contributed by atoms with van der Waals surface area (Å²) in [6.45, 7) is 2.84. The van der Waals surface area contributed by atoms with Crippen molar-refractivity contribution in [1.29, 1.82) is 0 Å². The maximum Gasteiger partial charge on any atom is 0.133 e. The summed E-state index contributed by atoms with van der Waals surface area (Å²) in [5.41, 5.74) is 10.6. The van der Waals surface area contributed by atoms with Crippen LogP contribution in [0.2, 0.25) is 5.02 Å². The maximum atomic E-state index is 5.92. The van der Waals surface area contributed by atoms with Crippen molar-refractivity contribution >= 4 is 11.6 Å². The summed E-state index contributed by atoms with van der Waals surface area (Å²) in [6.07, 6.45) is 3.94. The Hall–Kier alpha value is -1.45. The Bertz CT molecular complexity index is 637. The molecule has 1 heterocycles. The van der Waals surface area contributed by atoms with Crippen molar-refractivity contribution in [3.63, 3.8) is 0 Å². The van der Waals surface area contributed by atoms with Gasteiger partial charge in [-0.15, -0.1) is 0 Å². The van der Waals surface area contributed by atoms with Crippen LogP contribution in [-0.2, 0) is 19.3 Å². The summed E-state index contributed by atoms with van der Waals surface area (Å²) >= 11 is 5.92. The number of aromatic nitrogens is 2. The highest BCUT2D eigenvalue weighted by Gasteiger charge is 2.21. The molecule has 0 aliphatic heterocycles. The van der Waals surface area contributed by atoms with Gasteiger partial charge in [0.2, 0.25) is 0 Å². The van der Waals surface area contributed by atoms with Crippen LogP contribution in [0, 0.1) is 12.8 Å². The van der Waals surface area contributed by atoms with Gasteiger partial charge in [0, 0.05) is 22.8 Å². The van der Waals surface area contributed by atoms with E-state index in [1.165, 1.54) is 16.8 Å². The predicted octanol–water partition coefficient (Wildman–Crippen LogP) is 3.09. The SMILES string of the molecule is Cc1nc(Cc2ccc(Cl)cc2)nc2c1CC(CN)CC2. The smallest absolute Gasteiger partial charge is 0.133 e. The minimum absolute atomic E-state index is 0.585. The third-order valence-electron chi connectivity index (χ3n) is 4.24. The van der Waals surface area contributed by atoms with Crippen molar-refractivity contribution < 1.29 is 0 Å². The average Bonchev–Trinajstić information content (AvgIpc) is 2.49. The summed E-state index contributed by atoms with van der Waals surface area (Å²) < 4.78 is 0. The number of hydrogen-bond donors (Lipinski definition) is 1. The summed E-state index contributed by atoms with van der Waals surface area (Å²) in [5, 5.41) is 0.758. The van der Waals surface area contributed by atoms with Crippen molar-refractivity contribution in [3.05, 3.63) is 57.6 Å². The van der Waals surface area contributed by atoms with E-state index in [-0.39, 0.29) is 0 Å². The molecular formula is C17H20ClN3. The highest BCUT2D eigenvalue weighted by Crippen LogP contribution is 2.26. The monoisotopic (exact) mass is 301 g/mol. The normalized spacial score (nSPS) is 17.6. The van der Waals surface area contributed by atoms with Gasteiger partial charge in [-0.05, 0) is 61.9 Å². The molecule has 1 unspecified atom stereocenters. The third-order valence-corrected chi connectivity index (χ3v) is 4.49. The van der Waals surface area contributed by atoms with E-state index in [9.17, 15) is 0 Å². The van der Waals surface area contributed by atoms with Crippen molar-refractivity contribution in [2.24, 2.45) is 11.7 Å². The molecule has 0 saturated heterocycles. The second-order valence-corrected chi connectivity index (χ2v) is 6.23. The molecule has 0 amide bonds. The van der Waals surface area contributed by atoms with Gasteiger partial charge in [-0.25, -0.2) is 9.97 Å². The first-order valence-electron chi connectivity index (χ1n) is 7.45. The molecule has 1 atom stereocenters. The van der Waals surface area contributed by atoms with Gasteiger partial charge in [-0.1, -0.05) is 23.7 Å². The summed E-state index contributed by atoms with van der Waals surface area (Å²) in [6, 6.07) is 7.89. The number of halogens is 1. The van der Waals surface area contributed by atoms with E-state index in [0.717, 1.165) is 48.8 Å². The van der Waals surface area contributed by atoms with Gasteiger partial charge >= 0.3 is 0 Å². The molecule has 1 aliphatic carbocycles. The van der Waals surface area contributed by atoms with Gasteiger partial charge < -0.3 is 5.73 Å². The lowest BCUT2D eigenvalue weighted by atomic mass is 9.86. The highest BCUT2D eigenvalue weighted by atomic mass is 35.5. The van der Waals surface area contributed by atoms with Crippen molar-refractivity contribution in [2.45, 2.75) is 32.6 Å². The van der Waals surface area contributed by atoms with Gasteiger partial charge in [-0.2, -0.15) is 0 Å². The Kier molecular flexibility index (Phi) is 4.22. The average molecular weight is 302 g/mol. The Morgan fingerprint density at radius 1 is 1.24 bits per heavy atom. The van der Waals surface area contributed by atoms with Crippen LogP contribution in [0.15, 0.2) is 24.3 Å². The van der Waals surface area contributed by atoms with E-state index in [4.69, 9.17) is 22.3 Å². The van der Waals surface area contributed by atoms with E-state index in [1.807, 2.05) is 24.3 Å². The number of fused-ring (bicyclic) bond motifs is 1. The first-order chi connectivity index (χ1) is 10.2. The molecule has 110 valence electrons. The van der Waals surface area contributed by atoms with Crippen molar-refractivity contribution in [1.82, 2.24) is 9.97 Å². The Balaban J connectivity index is 1.85. The highest BCUT2D eigenvalue weighted by molar-refractivity contribution is 6.30. The molecule has 3 rings (SSSR count). The second-order valence-electron chi connectivity index (χ2n) is 5.80. The van der Waals surface area contributed by atoms with E-state index < -0.39 is 0 Å². The zero-order valence-corrected chi connectivity index (χ0v) is 13.0. The standard InChI is InChI=1S/C17H20ClN3/c1-11-15-8-13(10-19)4-7-16(15)21-17(20-11)9-12-2-5-14(18)6-3-12/h2-3,5-6,13H,4,7-10,19H2,1H3. The number of aryl methyl sites for hydroxylation is 2. The van der Waals surface area contributed by atoms with Gasteiger partial charge in [0.1, 0.15) is 5.82 Å². The Morgan fingerprint density at radius 2 is 2.00 bits per heavy atom. The predicted molar refractivity (Wildman–Crippen MR) is 85.6 cm³/mol. The quantitative estimate of drug-likeness (QED) is 0.948. The number of rotatable bonds is 3. The molecule has 0 radical (unpaired) electrons. The lowest BCUT2D eigenvalue weighted by Gasteiger charge is -2.24. The molecule has 2 aromatic rings. The van der Waals surface area contributed by atoms with E-state index in [1.54, 1.807) is 0 Å². The number of nitrogens with zero attached hydrogens (tertiary/aromatic N) is 2. The van der Waals surface area contributed by atoms with Crippen LogP contribution in [0.25, 0.3) is 0 Å². The number of hydrogen-bond acceptors (Lipinski definition) is 3. The van der Waals surface area contributed by atoms with Crippen LogP contribution in [0.1, 0.15) is 34.8 Å². The molecule has 0 spiro atoms. The number of nitrogens with two attached hydrogens (primary N) is 1. The first-order valence-corrected chi connectivity index (χ1v) is 7.83. The van der Waals surface area contributed by atoms with Gasteiger partial charge in [0.05, 0.1) is 0 Å². The zero-order valence-electron chi connectivity index (χ0n) is 12.3. The summed E-state index contributed by atoms with van der Waals surface area (Å²) in [5.74, 6) is 1.49. The molecule has 3 nitrogen and oxygen atoms in total. The van der Waals surface area contributed by atoms with Gasteiger partial charge in [0.25, 0.3) is 0 Å². The summed E-state index contributed by atoms with van der Waals surface area (Å²) in [4.78, 5) is 9.46. The molecule has 0 bridgehead atoms.